The van der Waals surface area contributed by atoms with E-state index in [1.807, 2.05) is 13.0 Å². The molecule has 2 aromatic carbocycles. The zero-order valence-corrected chi connectivity index (χ0v) is 17.5. The van der Waals surface area contributed by atoms with Gasteiger partial charge in [0.1, 0.15) is 0 Å². The smallest absolute Gasteiger partial charge is 0.239 e. The predicted octanol–water partition coefficient (Wildman–Crippen LogP) is 3.80. The van der Waals surface area contributed by atoms with Crippen LogP contribution in [0.3, 0.4) is 0 Å². The first kappa shape index (κ1) is 20.0. The van der Waals surface area contributed by atoms with Crippen molar-refractivity contribution in [2.75, 3.05) is 11.9 Å². The third-order valence-electron chi connectivity index (χ3n) is 6.35. The molecule has 2 aromatic rings. The molecule has 3 atom stereocenters. The van der Waals surface area contributed by atoms with Crippen LogP contribution in [0.2, 0.25) is 0 Å². The van der Waals surface area contributed by atoms with E-state index in [0.29, 0.717) is 34.5 Å². The van der Waals surface area contributed by atoms with Crippen molar-refractivity contribution in [2.45, 2.75) is 54.9 Å². The Labute approximate surface area is 172 Å². The van der Waals surface area contributed by atoms with E-state index in [-0.39, 0.29) is 17.3 Å². The normalized spacial score (nSPS) is 23.1. The van der Waals surface area contributed by atoms with Crippen molar-refractivity contribution in [1.82, 2.24) is 5.32 Å². The summed E-state index contributed by atoms with van der Waals surface area (Å²) in [5, 5.41) is 6.34. The fourth-order valence-electron chi connectivity index (χ4n) is 4.93. The number of hydrogen-bond acceptors (Lipinski definition) is 4. The van der Waals surface area contributed by atoms with E-state index in [9.17, 15) is 13.2 Å². The number of benzene rings is 2. The molecule has 0 aliphatic heterocycles. The molecule has 2 bridgehead atoms. The van der Waals surface area contributed by atoms with Gasteiger partial charge < -0.3 is 10.6 Å². The Hall–Kier alpha value is -2.34. The molecule has 0 spiro atoms. The van der Waals surface area contributed by atoms with Crippen molar-refractivity contribution in [3.63, 3.8) is 0 Å². The highest BCUT2D eigenvalue weighted by Gasteiger charge is 2.40. The average molecular weight is 413 g/mol. The highest BCUT2D eigenvalue weighted by molar-refractivity contribution is 7.91. The van der Waals surface area contributed by atoms with Crippen LogP contribution in [0.1, 0.15) is 38.2 Å². The number of sulfone groups is 1. The lowest BCUT2D eigenvalue weighted by molar-refractivity contribution is -0.120. The Bertz CT molecular complexity index is 988. The molecular weight excluding hydrogens is 384 g/mol. The minimum atomic E-state index is -3.61. The zero-order chi connectivity index (χ0) is 20.4. The number of carbonyl (C=O) groups is 1. The molecule has 1 amide bonds. The maximum atomic E-state index is 13.1. The number of anilines is 1. The van der Waals surface area contributed by atoms with Crippen LogP contribution in [0.4, 0.5) is 5.69 Å². The van der Waals surface area contributed by atoms with E-state index in [4.69, 9.17) is 0 Å². The first-order chi connectivity index (χ1) is 14.0. The summed E-state index contributed by atoms with van der Waals surface area (Å²) in [6.45, 7) is 2.08. The summed E-state index contributed by atoms with van der Waals surface area (Å²) >= 11 is 0. The molecule has 6 heteroatoms. The molecule has 2 aliphatic rings. The zero-order valence-electron chi connectivity index (χ0n) is 16.7. The van der Waals surface area contributed by atoms with Gasteiger partial charge in [0.2, 0.25) is 15.7 Å². The summed E-state index contributed by atoms with van der Waals surface area (Å²) in [6.07, 6.45) is 5.43. The topological polar surface area (TPSA) is 75.3 Å². The second-order valence-electron chi connectivity index (χ2n) is 8.15. The first-order valence-corrected chi connectivity index (χ1v) is 11.9. The number of amides is 1. The van der Waals surface area contributed by atoms with Crippen LogP contribution >= 0.6 is 0 Å². The number of fused-ring (bicyclic) bond motifs is 2. The quantitative estimate of drug-likeness (QED) is 0.725. The van der Waals surface area contributed by atoms with Crippen molar-refractivity contribution < 1.29 is 13.2 Å². The molecular formula is C23H28N2O3S. The van der Waals surface area contributed by atoms with Gasteiger partial charge in [-0.1, -0.05) is 37.6 Å². The lowest BCUT2D eigenvalue weighted by atomic mass is 9.95. The van der Waals surface area contributed by atoms with Gasteiger partial charge in [0.15, 0.2) is 0 Å². The minimum Gasteiger partial charge on any atom is -0.376 e. The van der Waals surface area contributed by atoms with E-state index in [1.54, 1.807) is 42.5 Å². The molecule has 5 nitrogen and oxygen atoms in total. The van der Waals surface area contributed by atoms with Crippen molar-refractivity contribution >= 4 is 21.4 Å². The van der Waals surface area contributed by atoms with Crippen LogP contribution in [-0.2, 0) is 21.1 Å². The lowest BCUT2D eigenvalue weighted by Crippen LogP contribution is -2.41. The van der Waals surface area contributed by atoms with Crippen molar-refractivity contribution in [3.8, 4) is 0 Å². The van der Waals surface area contributed by atoms with Gasteiger partial charge in [-0.15, -0.1) is 0 Å². The molecule has 0 saturated heterocycles. The largest absolute Gasteiger partial charge is 0.376 e. The summed E-state index contributed by atoms with van der Waals surface area (Å²) in [7, 11) is -3.61. The van der Waals surface area contributed by atoms with Crippen LogP contribution in [0, 0.1) is 11.8 Å². The minimum absolute atomic E-state index is 0.0269. The van der Waals surface area contributed by atoms with Crippen LogP contribution in [0.5, 0.6) is 0 Å². The van der Waals surface area contributed by atoms with Gasteiger partial charge in [-0.25, -0.2) is 8.42 Å². The maximum absolute atomic E-state index is 13.1. The predicted molar refractivity (Wildman–Crippen MR) is 114 cm³/mol. The Morgan fingerprint density at radius 2 is 1.83 bits per heavy atom. The number of carbonyl (C=O) groups excluding carboxylic acids is 1. The van der Waals surface area contributed by atoms with Crippen molar-refractivity contribution in [2.24, 2.45) is 11.8 Å². The highest BCUT2D eigenvalue weighted by Crippen LogP contribution is 2.44. The summed E-state index contributed by atoms with van der Waals surface area (Å²) in [5.74, 6) is 1.39. The van der Waals surface area contributed by atoms with Gasteiger partial charge in [-0.2, -0.15) is 0 Å². The summed E-state index contributed by atoms with van der Waals surface area (Å²) in [6, 6.07) is 14.0. The van der Waals surface area contributed by atoms with E-state index < -0.39 is 9.84 Å². The van der Waals surface area contributed by atoms with Gasteiger partial charge >= 0.3 is 0 Å². The molecule has 3 unspecified atom stereocenters. The standard InChI is InChI=1S/C23H28N2O3S/c1-2-19-20(24-15-23(26)25-21-14-16-11-12-17(21)13-16)9-6-10-22(19)29(27,28)18-7-4-3-5-8-18/h3-10,16-17,21,24H,2,11-15H2,1H3,(H,25,26). The van der Waals surface area contributed by atoms with Crippen LogP contribution < -0.4 is 10.6 Å². The lowest BCUT2D eigenvalue weighted by Gasteiger charge is -2.23. The van der Waals surface area contributed by atoms with Crippen molar-refractivity contribution in [1.29, 1.82) is 0 Å². The molecule has 2 saturated carbocycles. The molecule has 29 heavy (non-hydrogen) atoms. The molecule has 0 radical (unpaired) electrons. The van der Waals surface area contributed by atoms with Crippen LogP contribution in [0.25, 0.3) is 0 Å². The van der Waals surface area contributed by atoms with E-state index in [1.165, 1.54) is 19.3 Å². The Balaban J connectivity index is 1.48. The van der Waals surface area contributed by atoms with Gasteiger partial charge in [0.25, 0.3) is 0 Å². The Morgan fingerprint density at radius 1 is 1.03 bits per heavy atom. The Kier molecular flexibility index (Phi) is 5.63. The average Bonchev–Trinajstić information content (AvgIpc) is 3.35. The summed E-state index contributed by atoms with van der Waals surface area (Å²) in [5.41, 5.74) is 1.41. The molecule has 2 fully saturated rings. The van der Waals surface area contributed by atoms with Gasteiger partial charge in [0.05, 0.1) is 16.3 Å². The summed E-state index contributed by atoms with van der Waals surface area (Å²) < 4.78 is 26.2. The molecule has 4 rings (SSSR count). The molecule has 2 N–H and O–H groups in total. The Morgan fingerprint density at radius 3 is 2.48 bits per heavy atom. The van der Waals surface area contributed by atoms with Crippen LogP contribution in [0.15, 0.2) is 58.3 Å². The monoisotopic (exact) mass is 412 g/mol. The second-order valence-corrected chi connectivity index (χ2v) is 10.1. The van der Waals surface area contributed by atoms with E-state index >= 15 is 0 Å². The molecule has 154 valence electrons. The molecule has 2 aliphatic carbocycles. The molecule has 0 heterocycles. The SMILES string of the molecule is CCc1c(NCC(=O)NC2CC3CCC2C3)cccc1S(=O)(=O)c1ccccc1. The third kappa shape index (κ3) is 4.04. The van der Waals surface area contributed by atoms with Crippen LogP contribution in [-0.4, -0.2) is 26.9 Å². The number of rotatable bonds is 7. The van der Waals surface area contributed by atoms with E-state index in [2.05, 4.69) is 10.6 Å². The van der Waals surface area contributed by atoms with E-state index in [0.717, 1.165) is 12.3 Å². The maximum Gasteiger partial charge on any atom is 0.239 e. The number of nitrogens with one attached hydrogen (secondary N) is 2. The molecule has 0 aromatic heterocycles. The highest BCUT2D eigenvalue weighted by atomic mass is 32.2. The fourth-order valence-corrected chi connectivity index (χ4v) is 6.53. The number of hydrogen-bond donors (Lipinski definition) is 2. The van der Waals surface area contributed by atoms with Gasteiger partial charge in [-0.3, -0.25) is 4.79 Å². The van der Waals surface area contributed by atoms with Crippen molar-refractivity contribution in [3.05, 3.63) is 54.1 Å². The summed E-state index contributed by atoms with van der Waals surface area (Å²) in [4.78, 5) is 13.0. The first-order valence-electron chi connectivity index (χ1n) is 10.4. The third-order valence-corrected chi connectivity index (χ3v) is 8.21. The second kappa shape index (κ2) is 8.19. The van der Waals surface area contributed by atoms with Gasteiger partial charge in [-0.05, 0) is 67.3 Å². The fraction of sp³-hybridized carbons (Fsp3) is 0.435. The van der Waals surface area contributed by atoms with Gasteiger partial charge in [0, 0.05) is 11.7 Å².